The van der Waals surface area contributed by atoms with Crippen molar-refractivity contribution < 1.29 is 4.74 Å². The van der Waals surface area contributed by atoms with Crippen molar-refractivity contribution in [1.82, 2.24) is 4.90 Å². The molecule has 84 valence electrons. The highest BCUT2D eigenvalue weighted by molar-refractivity contribution is 9.09. The van der Waals surface area contributed by atoms with Crippen LogP contribution in [0, 0.1) is 0 Å². The van der Waals surface area contributed by atoms with E-state index >= 15 is 0 Å². The lowest BCUT2D eigenvalue weighted by Crippen LogP contribution is -2.23. The summed E-state index contributed by atoms with van der Waals surface area (Å²) in [5.74, 6) is 0.924. The Kier molecular flexibility index (Phi) is 5.73. The van der Waals surface area contributed by atoms with E-state index < -0.39 is 0 Å². The first kappa shape index (κ1) is 12.5. The van der Waals surface area contributed by atoms with Crippen LogP contribution in [0.15, 0.2) is 24.3 Å². The molecule has 0 unspecified atom stereocenters. The molecule has 0 heterocycles. The van der Waals surface area contributed by atoms with Gasteiger partial charge < -0.3 is 9.64 Å². The zero-order valence-electron chi connectivity index (χ0n) is 9.37. The third-order valence-corrected chi connectivity index (χ3v) is 2.76. The van der Waals surface area contributed by atoms with Gasteiger partial charge in [-0.1, -0.05) is 28.1 Å². The average Bonchev–Trinajstić information content (AvgIpc) is 2.27. The molecule has 0 saturated heterocycles. The maximum absolute atomic E-state index is 5.12. The molecule has 1 aromatic carbocycles. The largest absolute Gasteiger partial charge is 0.497 e. The predicted octanol–water partition coefficient (Wildman–Crippen LogP) is 2.56. The van der Waals surface area contributed by atoms with Gasteiger partial charge in [-0.15, -0.1) is 0 Å². The fourth-order valence-corrected chi connectivity index (χ4v) is 1.97. The lowest BCUT2D eigenvalue weighted by molar-refractivity contribution is 0.361. The topological polar surface area (TPSA) is 12.5 Å². The molecule has 0 saturated carbocycles. The van der Waals surface area contributed by atoms with Crippen LogP contribution in [-0.4, -0.2) is 37.5 Å². The van der Waals surface area contributed by atoms with Crippen molar-refractivity contribution in [3.63, 3.8) is 0 Å². The summed E-state index contributed by atoms with van der Waals surface area (Å²) >= 11 is 3.44. The molecule has 0 bridgehead atoms. The van der Waals surface area contributed by atoms with E-state index in [9.17, 15) is 0 Å². The van der Waals surface area contributed by atoms with Gasteiger partial charge in [0, 0.05) is 18.4 Å². The Bertz CT molecular complexity index is 273. The number of halogens is 1. The summed E-state index contributed by atoms with van der Waals surface area (Å²) in [7, 11) is 3.84. The van der Waals surface area contributed by atoms with Crippen molar-refractivity contribution >= 4 is 15.9 Å². The maximum atomic E-state index is 5.12. The lowest BCUT2D eigenvalue weighted by atomic mass is 10.1. The van der Waals surface area contributed by atoms with E-state index in [1.54, 1.807) is 7.11 Å². The summed E-state index contributed by atoms with van der Waals surface area (Å²) in [4.78, 5) is 2.32. The standard InChI is InChI=1S/C12H18BrNO/c1-14(10-8-13)9-7-11-3-5-12(15-2)6-4-11/h3-6H,7-10H2,1-2H3. The zero-order chi connectivity index (χ0) is 11.1. The Balaban J connectivity index is 2.37. The van der Waals surface area contributed by atoms with Gasteiger partial charge in [-0.05, 0) is 31.2 Å². The minimum atomic E-state index is 0.924. The summed E-state index contributed by atoms with van der Waals surface area (Å²) in [6.07, 6.45) is 1.09. The first-order valence-corrected chi connectivity index (χ1v) is 6.26. The number of nitrogens with zero attached hydrogens (tertiary/aromatic N) is 1. The molecule has 1 aromatic rings. The summed E-state index contributed by atoms with van der Waals surface area (Å²) in [5.41, 5.74) is 1.36. The van der Waals surface area contributed by atoms with Gasteiger partial charge in [-0.2, -0.15) is 0 Å². The SMILES string of the molecule is COc1ccc(CCN(C)CCBr)cc1. The van der Waals surface area contributed by atoms with E-state index in [2.05, 4.69) is 40.0 Å². The molecule has 0 spiro atoms. The van der Waals surface area contributed by atoms with Crippen molar-refractivity contribution in [2.75, 3.05) is 32.6 Å². The van der Waals surface area contributed by atoms with Crippen molar-refractivity contribution in [1.29, 1.82) is 0 Å². The normalized spacial score (nSPS) is 10.7. The van der Waals surface area contributed by atoms with Crippen molar-refractivity contribution in [2.24, 2.45) is 0 Å². The molecule has 0 N–H and O–H groups in total. The van der Waals surface area contributed by atoms with Crippen LogP contribution in [0.2, 0.25) is 0 Å². The Hall–Kier alpha value is -0.540. The lowest BCUT2D eigenvalue weighted by Gasteiger charge is -2.14. The van der Waals surface area contributed by atoms with E-state index in [4.69, 9.17) is 4.74 Å². The van der Waals surface area contributed by atoms with Crippen LogP contribution >= 0.6 is 15.9 Å². The molecular weight excluding hydrogens is 254 g/mol. The number of rotatable bonds is 6. The summed E-state index contributed by atoms with van der Waals surface area (Å²) in [6.45, 7) is 2.19. The predicted molar refractivity (Wildman–Crippen MR) is 68.0 cm³/mol. The van der Waals surface area contributed by atoms with Gasteiger partial charge in [0.05, 0.1) is 7.11 Å². The molecule has 1 rings (SSSR count). The van der Waals surface area contributed by atoms with Gasteiger partial charge in [-0.3, -0.25) is 0 Å². The van der Waals surface area contributed by atoms with Crippen LogP contribution in [0.3, 0.4) is 0 Å². The minimum Gasteiger partial charge on any atom is -0.497 e. The molecule has 15 heavy (non-hydrogen) atoms. The van der Waals surface area contributed by atoms with Crippen LogP contribution in [-0.2, 0) is 6.42 Å². The Labute approximate surface area is 100 Å². The molecule has 0 aromatic heterocycles. The summed E-state index contributed by atoms with van der Waals surface area (Å²) in [6, 6.07) is 8.28. The number of alkyl halides is 1. The molecule has 0 radical (unpaired) electrons. The quantitative estimate of drug-likeness (QED) is 0.738. The third kappa shape index (κ3) is 4.67. The fraction of sp³-hybridized carbons (Fsp3) is 0.500. The van der Waals surface area contributed by atoms with E-state index in [1.165, 1.54) is 5.56 Å². The van der Waals surface area contributed by atoms with Crippen LogP contribution < -0.4 is 4.74 Å². The Morgan fingerprint density at radius 1 is 1.20 bits per heavy atom. The number of likely N-dealkylation sites (N-methyl/N-ethyl adjacent to an activating group) is 1. The first-order valence-electron chi connectivity index (χ1n) is 5.13. The highest BCUT2D eigenvalue weighted by Crippen LogP contribution is 2.11. The van der Waals surface area contributed by atoms with Crippen LogP contribution in [0.5, 0.6) is 5.75 Å². The highest BCUT2D eigenvalue weighted by Gasteiger charge is 1.98. The molecule has 0 amide bonds. The van der Waals surface area contributed by atoms with Gasteiger partial charge in [-0.25, -0.2) is 0 Å². The highest BCUT2D eigenvalue weighted by atomic mass is 79.9. The smallest absolute Gasteiger partial charge is 0.118 e. The molecule has 0 fully saturated rings. The van der Waals surface area contributed by atoms with E-state index in [-0.39, 0.29) is 0 Å². The maximum Gasteiger partial charge on any atom is 0.118 e. The van der Waals surface area contributed by atoms with Gasteiger partial charge in [0.25, 0.3) is 0 Å². The second-order valence-corrected chi connectivity index (χ2v) is 4.38. The summed E-state index contributed by atoms with van der Waals surface area (Å²) < 4.78 is 5.12. The zero-order valence-corrected chi connectivity index (χ0v) is 11.0. The van der Waals surface area contributed by atoms with Crippen molar-refractivity contribution in [3.05, 3.63) is 29.8 Å². The fourth-order valence-electron chi connectivity index (χ4n) is 1.37. The first-order chi connectivity index (χ1) is 7.26. The van der Waals surface area contributed by atoms with Crippen LogP contribution in [0.1, 0.15) is 5.56 Å². The molecule has 0 aliphatic heterocycles. The van der Waals surface area contributed by atoms with E-state index in [1.807, 2.05) is 12.1 Å². The Morgan fingerprint density at radius 3 is 2.40 bits per heavy atom. The molecule has 0 aliphatic rings. The molecule has 0 atom stereocenters. The summed E-state index contributed by atoms with van der Waals surface area (Å²) in [5, 5.41) is 1.03. The second kappa shape index (κ2) is 6.85. The number of ether oxygens (including phenoxy) is 1. The van der Waals surface area contributed by atoms with Crippen LogP contribution in [0.4, 0.5) is 0 Å². The van der Waals surface area contributed by atoms with Gasteiger partial charge in [0.2, 0.25) is 0 Å². The average molecular weight is 272 g/mol. The second-order valence-electron chi connectivity index (χ2n) is 3.59. The molecule has 0 aliphatic carbocycles. The van der Waals surface area contributed by atoms with E-state index in [0.717, 1.165) is 30.6 Å². The molecular formula is C12H18BrNO. The number of hydrogen-bond acceptors (Lipinski definition) is 2. The van der Waals surface area contributed by atoms with Gasteiger partial charge in [0.15, 0.2) is 0 Å². The number of methoxy groups -OCH3 is 1. The number of hydrogen-bond donors (Lipinski definition) is 0. The third-order valence-electron chi connectivity index (χ3n) is 2.41. The molecule has 3 heteroatoms. The van der Waals surface area contributed by atoms with Gasteiger partial charge in [0.1, 0.15) is 5.75 Å². The number of benzene rings is 1. The van der Waals surface area contributed by atoms with E-state index in [0.29, 0.717) is 0 Å². The minimum absolute atomic E-state index is 0.924. The van der Waals surface area contributed by atoms with Crippen LogP contribution in [0.25, 0.3) is 0 Å². The molecule has 2 nitrogen and oxygen atoms in total. The van der Waals surface area contributed by atoms with Crippen molar-refractivity contribution in [2.45, 2.75) is 6.42 Å². The van der Waals surface area contributed by atoms with Crippen molar-refractivity contribution in [3.8, 4) is 5.75 Å². The monoisotopic (exact) mass is 271 g/mol. The Morgan fingerprint density at radius 2 is 1.87 bits per heavy atom. The van der Waals surface area contributed by atoms with Gasteiger partial charge >= 0.3 is 0 Å².